The van der Waals surface area contributed by atoms with Gasteiger partial charge in [-0.05, 0) is 36.1 Å². The average Bonchev–Trinajstić information content (AvgIpc) is 3.51. The Morgan fingerprint density at radius 1 is 0.707 bits per heavy atom. The summed E-state index contributed by atoms with van der Waals surface area (Å²) in [5.41, 5.74) is 2.73. The van der Waals surface area contributed by atoms with Crippen LogP contribution >= 0.6 is 0 Å². The standard InChI is InChI=1S/C35H34O6/c1-34(2)40-31-30(39-33(32(31)41-34)37-23-25-15-7-3-8-16-25)29(36)24-38-35(26-17-9-4-10-18-26,27-19-11-5-12-20-27)28-21-13-6-14-22-28/h3-22,30-33H,23-24H2,1-2H3/t30-,31-,32-,33+/m1/s1. The second-order valence-electron chi connectivity index (χ2n) is 10.8. The van der Waals surface area contributed by atoms with Gasteiger partial charge in [0.1, 0.15) is 24.4 Å². The van der Waals surface area contributed by atoms with Gasteiger partial charge in [0.25, 0.3) is 0 Å². The van der Waals surface area contributed by atoms with Gasteiger partial charge in [-0.2, -0.15) is 0 Å². The Labute approximate surface area is 240 Å². The molecule has 0 radical (unpaired) electrons. The first-order valence-electron chi connectivity index (χ1n) is 14.0. The zero-order valence-corrected chi connectivity index (χ0v) is 23.2. The van der Waals surface area contributed by atoms with Crippen LogP contribution in [0.4, 0.5) is 0 Å². The minimum absolute atomic E-state index is 0.207. The summed E-state index contributed by atoms with van der Waals surface area (Å²) in [5.74, 6) is -1.10. The van der Waals surface area contributed by atoms with Gasteiger partial charge < -0.3 is 23.7 Å². The van der Waals surface area contributed by atoms with Crippen molar-refractivity contribution in [3.63, 3.8) is 0 Å². The van der Waals surface area contributed by atoms with Crippen LogP contribution in [0.3, 0.4) is 0 Å². The number of carbonyl (C=O) groups excluding carboxylic acids is 1. The van der Waals surface area contributed by atoms with Crippen molar-refractivity contribution in [2.24, 2.45) is 0 Å². The Bertz CT molecular complexity index is 1330. The minimum atomic E-state index is -1.02. The Balaban J connectivity index is 1.28. The molecule has 4 aromatic carbocycles. The molecule has 2 aliphatic rings. The number of benzene rings is 4. The van der Waals surface area contributed by atoms with Gasteiger partial charge in [0, 0.05) is 0 Å². The topological polar surface area (TPSA) is 63.2 Å². The van der Waals surface area contributed by atoms with Gasteiger partial charge in [0.2, 0.25) is 0 Å². The van der Waals surface area contributed by atoms with E-state index in [0.717, 1.165) is 22.3 Å². The normalized spacial score (nSPS) is 23.3. The largest absolute Gasteiger partial charge is 0.353 e. The van der Waals surface area contributed by atoms with E-state index in [1.165, 1.54) is 0 Å². The molecule has 2 saturated heterocycles. The summed E-state index contributed by atoms with van der Waals surface area (Å²) in [4.78, 5) is 13.9. The van der Waals surface area contributed by atoms with Gasteiger partial charge in [0.05, 0.1) is 6.61 Å². The van der Waals surface area contributed by atoms with Crippen molar-refractivity contribution in [1.29, 1.82) is 0 Å². The number of ether oxygens (including phenoxy) is 5. The third kappa shape index (κ3) is 5.62. The van der Waals surface area contributed by atoms with Crippen LogP contribution in [0.2, 0.25) is 0 Å². The molecule has 6 heteroatoms. The van der Waals surface area contributed by atoms with Crippen LogP contribution in [0.5, 0.6) is 0 Å². The number of hydrogen-bond acceptors (Lipinski definition) is 6. The maximum Gasteiger partial charge on any atom is 0.190 e. The molecule has 210 valence electrons. The third-order valence-corrected chi connectivity index (χ3v) is 7.56. The van der Waals surface area contributed by atoms with Crippen LogP contribution in [0.15, 0.2) is 121 Å². The second kappa shape index (κ2) is 11.7. The number of Topliss-reactive ketones (excluding diaryl/α,β-unsaturated/α-hetero) is 1. The van der Waals surface area contributed by atoms with Crippen molar-refractivity contribution in [3.8, 4) is 0 Å². The van der Waals surface area contributed by atoms with Gasteiger partial charge in [-0.15, -0.1) is 0 Å². The second-order valence-corrected chi connectivity index (χ2v) is 10.8. The molecule has 6 rings (SSSR count). The van der Waals surface area contributed by atoms with Gasteiger partial charge >= 0.3 is 0 Å². The molecule has 2 heterocycles. The van der Waals surface area contributed by atoms with E-state index in [4.69, 9.17) is 23.7 Å². The molecule has 4 aromatic rings. The van der Waals surface area contributed by atoms with E-state index in [1.54, 1.807) is 0 Å². The number of hydrogen-bond donors (Lipinski definition) is 0. The van der Waals surface area contributed by atoms with E-state index in [1.807, 2.05) is 135 Å². The van der Waals surface area contributed by atoms with E-state index in [9.17, 15) is 4.79 Å². The first-order chi connectivity index (χ1) is 20.0. The molecule has 0 unspecified atom stereocenters. The summed E-state index contributed by atoms with van der Waals surface area (Å²) >= 11 is 0. The monoisotopic (exact) mass is 550 g/mol. The van der Waals surface area contributed by atoms with E-state index in [2.05, 4.69) is 0 Å². The molecule has 0 bridgehead atoms. The van der Waals surface area contributed by atoms with Crippen molar-refractivity contribution in [1.82, 2.24) is 0 Å². The Morgan fingerprint density at radius 2 is 1.17 bits per heavy atom. The quantitative estimate of drug-likeness (QED) is 0.225. The molecule has 0 saturated carbocycles. The van der Waals surface area contributed by atoms with Crippen LogP contribution in [0.25, 0.3) is 0 Å². The van der Waals surface area contributed by atoms with Gasteiger partial charge in [-0.25, -0.2) is 0 Å². The van der Waals surface area contributed by atoms with Crippen molar-refractivity contribution in [2.45, 2.75) is 56.4 Å². The zero-order valence-electron chi connectivity index (χ0n) is 23.2. The van der Waals surface area contributed by atoms with Crippen LogP contribution in [-0.2, 0) is 40.7 Å². The molecule has 0 spiro atoms. The average molecular weight is 551 g/mol. The molecule has 6 nitrogen and oxygen atoms in total. The fourth-order valence-electron chi connectivity index (χ4n) is 5.74. The van der Waals surface area contributed by atoms with Gasteiger partial charge in [-0.1, -0.05) is 121 Å². The number of rotatable bonds is 10. The molecule has 2 fully saturated rings. The maximum absolute atomic E-state index is 13.9. The lowest BCUT2D eigenvalue weighted by Gasteiger charge is -2.36. The van der Waals surface area contributed by atoms with E-state index in [0.29, 0.717) is 6.61 Å². The maximum atomic E-state index is 13.9. The Hall–Kier alpha value is -3.65. The van der Waals surface area contributed by atoms with Crippen LogP contribution in [0.1, 0.15) is 36.1 Å². The van der Waals surface area contributed by atoms with Gasteiger partial charge in [0.15, 0.2) is 24.0 Å². The van der Waals surface area contributed by atoms with Crippen molar-refractivity contribution >= 4 is 5.78 Å². The van der Waals surface area contributed by atoms with Gasteiger partial charge in [-0.3, -0.25) is 4.79 Å². The lowest BCUT2D eigenvalue weighted by molar-refractivity contribution is -0.235. The summed E-state index contributed by atoms with van der Waals surface area (Å²) in [5, 5.41) is 0. The van der Waals surface area contributed by atoms with Crippen LogP contribution in [0, 0.1) is 0 Å². The molecule has 4 atom stereocenters. The summed E-state index contributed by atoms with van der Waals surface area (Å²) < 4.78 is 31.4. The lowest BCUT2D eigenvalue weighted by atomic mass is 9.80. The summed E-state index contributed by atoms with van der Waals surface area (Å²) in [6.07, 6.45) is -2.80. The molecule has 41 heavy (non-hydrogen) atoms. The molecule has 0 aromatic heterocycles. The fourth-order valence-corrected chi connectivity index (χ4v) is 5.74. The lowest BCUT2D eigenvalue weighted by Crippen LogP contribution is -2.41. The highest BCUT2D eigenvalue weighted by Gasteiger charge is 2.58. The predicted octanol–water partition coefficient (Wildman–Crippen LogP) is 6.03. The molecule has 2 aliphatic heterocycles. The molecular weight excluding hydrogens is 516 g/mol. The highest BCUT2D eigenvalue weighted by molar-refractivity contribution is 5.85. The molecular formula is C35H34O6. The Morgan fingerprint density at radius 3 is 1.68 bits per heavy atom. The fraction of sp³-hybridized carbons (Fsp3) is 0.286. The minimum Gasteiger partial charge on any atom is -0.353 e. The molecule has 0 N–H and O–H groups in total. The third-order valence-electron chi connectivity index (χ3n) is 7.56. The van der Waals surface area contributed by atoms with Crippen LogP contribution < -0.4 is 0 Å². The van der Waals surface area contributed by atoms with E-state index >= 15 is 0 Å². The molecule has 0 aliphatic carbocycles. The van der Waals surface area contributed by atoms with E-state index < -0.39 is 36.0 Å². The van der Waals surface area contributed by atoms with Crippen molar-refractivity contribution < 1.29 is 28.5 Å². The predicted molar refractivity (Wildman–Crippen MR) is 154 cm³/mol. The molecule has 0 amide bonds. The number of ketones is 1. The first kappa shape index (κ1) is 27.5. The summed E-state index contributed by atoms with van der Waals surface area (Å²) in [6.45, 7) is 3.79. The highest BCUT2D eigenvalue weighted by Crippen LogP contribution is 2.42. The Kier molecular flexibility index (Phi) is 7.84. The first-order valence-corrected chi connectivity index (χ1v) is 14.0. The summed E-state index contributed by atoms with van der Waals surface area (Å²) in [6, 6.07) is 39.8. The number of fused-ring (bicyclic) bond motifs is 1. The zero-order chi connectivity index (χ0) is 28.3. The SMILES string of the molecule is CC1(C)O[C@H]2[C@@H](OCc3ccccc3)O[C@H](C(=O)COC(c3ccccc3)(c3ccccc3)c3ccccc3)[C@H]2O1. The van der Waals surface area contributed by atoms with Crippen LogP contribution in [-0.4, -0.2) is 42.8 Å². The highest BCUT2D eigenvalue weighted by atomic mass is 16.8. The van der Waals surface area contributed by atoms with E-state index in [-0.39, 0.29) is 12.4 Å². The number of carbonyl (C=O) groups is 1. The van der Waals surface area contributed by atoms with Crippen molar-refractivity contribution in [3.05, 3.63) is 144 Å². The smallest absolute Gasteiger partial charge is 0.190 e. The van der Waals surface area contributed by atoms with Crippen molar-refractivity contribution in [2.75, 3.05) is 6.61 Å². The summed E-state index contributed by atoms with van der Waals surface area (Å²) in [7, 11) is 0.